The highest BCUT2D eigenvalue weighted by Crippen LogP contribution is 2.12. The topological polar surface area (TPSA) is 64.1 Å². The maximum atomic E-state index is 8.82. The van der Waals surface area contributed by atoms with Crippen molar-refractivity contribution in [2.75, 3.05) is 6.61 Å². The molecule has 0 aliphatic carbocycles. The molecule has 0 unspecified atom stereocenters. The Balaban J connectivity index is 2.27. The molecule has 2 aromatic rings. The molecule has 0 fully saturated rings. The van der Waals surface area contributed by atoms with E-state index < -0.39 is 0 Å². The van der Waals surface area contributed by atoms with Crippen molar-refractivity contribution >= 4 is 0 Å². The van der Waals surface area contributed by atoms with Gasteiger partial charge in [0.25, 0.3) is 0 Å². The van der Waals surface area contributed by atoms with Crippen molar-refractivity contribution in [3.8, 4) is 5.69 Å². The second-order valence-electron chi connectivity index (χ2n) is 3.60. The van der Waals surface area contributed by atoms with E-state index in [9.17, 15) is 0 Å². The van der Waals surface area contributed by atoms with Gasteiger partial charge in [-0.15, -0.1) is 0 Å². The van der Waals surface area contributed by atoms with Crippen LogP contribution in [-0.4, -0.2) is 21.3 Å². The minimum absolute atomic E-state index is 0.179. The highest BCUT2D eigenvalue weighted by molar-refractivity contribution is 5.36. The van der Waals surface area contributed by atoms with Gasteiger partial charge in [-0.25, -0.2) is 4.98 Å². The van der Waals surface area contributed by atoms with Gasteiger partial charge in [0.05, 0.1) is 12.0 Å². The largest absolute Gasteiger partial charge is 0.396 e. The van der Waals surface area contributed by atoms with Gasteiger partial charge in [-0.3, -0.25) is 0 Å². The summed E-state index contributed by atoms with van der Waals surface area (Å²) in [5.41, 5.74) is 8.76. The molecular weight excluding hydrogens is 202 g/mol. The second kappa shape index (κ2) is 4.92. The lowest BCUT2D eigenvalue weighted by Crippen LogP contribution is -2.04. The molecule has 0 spiro atoms. The molecule has 0 radical (unpaired) electrons. The summed E-state index contributed by atoms with van der Waals surface area (Å²) in [6, 6.07) is 8.02. The lowest BCUT2D eigenvalue weighted by molar-refractivity contribution is 0.299. The molecule has 0 aliphatic rings. The predicted molar refractivity (Wildman–Crippen MR) is 62.2 cm³/mol. The summed E-state index contributed by atoms with van der Waals surface area (Å²) >= 11 is 0. The zero-order valence-corrected chi connectivity index (χ0v) is 9.00. The van der Waals surface area contributed by atoms with Gasteiger partial charge >= 0.3 is 0 Å². The standard InChI is InChI=1S/C12H15N3O/c13-7-12-8-14-9-15(12)11-3-1-10(2-4-11)5-6-16/h1-4,8-9,16H,5-7,13H2. The van der Waals surface area contributed by atoms with E-state index in [0.717, 1.165) is 16.9 Å². The molecule has 16 heavy (non-hydrogen) atoms. The Bertz CT molecular complexity index is 448. The number of aliphatic hydroxyl groups is 1. The van der Waals surface area contributed by atoms with Crippen LogP contribution in [0.15, 0.2) is 36.8 Å². The molecule has 4 heteroatoms. The number of imidazole rings is 1. The molecule has 4 nitrogen and oxygen atoms in total. The van der Waals surface area contributed by atoms with E-state index in [2.05, 4.69) is 4.98 Å². The molecule has 1 aromatic carbocycles. The van der Waals surface area contributed by atoms with Gasteiger partial charge in [0.2, 0.25) is 0 Å². The molecule has 3 N–H and O–H groups in total. The number of rotatable bonds is 4. The van der Waals surface area contributed by atoms with Gasteiger partial charge in [-0.1, -0.05) is 12.1 Å². The first-order valence-electron chi connectivity index (χ1n) is 5.26. The van der Waals surface area contributed by atoms with E-state index in [-0.39, 0.29) is 6.61 Å². The van der Waals surface area contributed by atoms with Crippen LogP contribution in [0.25, 0.3) is 5.69 Å². The molecule has 2 rings (SSSR count). The molecule has 1 heterocycles. The first-order valence-corrected chi connectivity index (χ1v) is 5.26. The Labute approximate surface area is 94.4 Å². The van der Waals surface area contributed by atoms with Crippen molar-refractivity contribution in [1.82, 2.24) is 9.55 Å². The van der Waals surface area contributed by atoms with Gasteiger partial charge in [0.1, 0.15) is 0 Å². The molecule has 0 amide bonds. The van der Waals surface area contributed by atoms with E-state index in [1.807, 2.05) is 28.8 Å². The van der Waals surface area contributed by atoms with E-state index in [1.165, 1.54) is 0 Å². The van der Waals surface area contributed by atoms with Crippen molar-refractivity contribution in [2.24, 2.45) is 5.73 Å². The third kappa shape index (κ3) is 2.13. The van der Waals surface area contributed by atoms with Crippen LogP contribution >= 0.6 is 0 Å². The van der Waals surface area contributed by atoms with Crippen molar-refractivity contribution < 1.29 is 5.11 Å². The monoisotopic (exact) mass is 217 g/mol. The van der Waals surface area contributed by atoms with E-state index in [0.29, 0.717) is 13.0 Å². The number of nitrogens with two attached hydrogens (primary N) is 1. The van der Waals surface area contributed by atoms with Crippen molar-refractivity contribution in [1.29, 1.82) is 0 Å². The lowest BCUT2D eigenvalue weighted by Gasteiger charge is -2.07. The zero-order chi connectivity index (χ0) is 11.4. The highest BCUT2D eigenvalue weighted by Gasteiger charge is 2.02. The lowest BCUT2D eigenvalue weighted by atomic mass is 10.1. The molecule has 0 saturated carbocycles. The third-order valence-corrected chi connectivity index (χ3v) is 2.54. The highest BCUT2D eigenvalue weighted by atomic mass is 16.2. The Kier molecular flexibility index (Phi) is 3.34. The number of hydrogen-bond donors (Lipinski definition) is 2. The molecule has 1 aromatic heterocycles. The van der Waals surface area contributed by atoms with Crippen molar-refractivity contribution in [2.45, 2.75) is 13.0 Å². The Hall–Kier alpha value is -1.65. The SMILES string of the molecule is NCc1cncn1-c1ccc(CCO)cc1. The predicted octanol–water partition coefficient (Wildman–Crippen LogP) is 0.866. The normalized spacial score (nSPS) is 10.6. The summed E-state index contributed by atoms with van der Waals surface area (Å²) in [5, 5.41) is 8.82. The fraction of sp³-hybridized carbons (Fsp3) is 0.250. The fourth-order valence-corrected chi connectivity index (χ4v) is 1.66. The summed E-state index contributed by atoms with van der Waals surface area (Å²) in [7, 11) is 0. The van der Waals surface area contributed by atoms with Gasteiger partial charge in [-0.2, -0.15) is 0 Å². The summed E-state index contributed by atoms with van der Waals surface area (Å²) < 4.78 is 1.96. The molecule has 0 atom stereocenters. The van der Waals surface area contributed by atoms with E-state index >= 15 is 0 Å². The van der Waals surface area contributed by atoms with Crippen LogP contribution in [0.2, 0.25) is 0 Å². The number of aliphatic hydroxyl groups excluding tert-OH is 1. The number of hydrogen-bond acceptors (Lipinski definition) is 3. The van der Waals surface area contributed by atoms with Crippen LogP contribution in [0.4, 0.5) is 0 Å². The molecule has 0 bridgehead atoms. The third-order valence-electron chi connectivity index (χ3n) is 2.54. The fourth-order valence-electron chi connectivity index (χ4n) is 1.66. The minimum Gasteiger partial charge on any atom is -0.396 e. The van der Waals surface area contributed by atoms with Crippen molar-refractivity contribution in [3.63, 3.8) is 0 Å². The van der Waals surface area contributed by atoms with Gasteiger partial charge in [0.15, 0.2) is 0 Å². The van der Waals surface area contributed by atoms with Crippen LogP contribution in [0.3, 0.4) is 0 Å². The number of benzene rings is 1. The average molecular weight is 217 g/mol. The molecule has 0 saturated heterocycles. The van der Waals surface area contributed by atoms with Crippen LogP contribution in [0.1, 0.15) is 11.3 Å². The summed E-state index contributed by atoms with van der Waals surface area (Å²) in [4.78, 5) is 4.07. The summed E-state index contributed by atoms with van der Waals surface area (Å²) in [6.45, 7) is 0.650. The van der Waals surface area contributed by atoms with Crippen LogP contribution in [-0.2, 0) is 13.0 Å². The first kappa shape index (κ1) is 10.9. The van der Waals surface area contributed by atoms with E-state index in [1.54, 1.807) is 12.5 Å². The first-order chi connectivity index (χ1) is 7.85. The molecule has 0 aliphatic heterocycles. The quantitative estimate of drug-likeness (QED) is 0.798. The zero-order valence-electron chi connectivity index (χ0n) is 9.00. The Morgan fingerprint density at radius 2 is 2.00 bits per heavy atom. The van der Waals surface area contributed by atoms with Crippen molar-refractivity contribution in [3.05, 3.63) is 48.0 Å². The number of nitrogens with zero attached hydrogens (tertiary/aromatic N) is 2. The Morgan fingerprint density at radius 3 is 2.62 bits per heavy atom. The van der Waals surface area contributed by atoms with Gasteiger partial charge in [-0.05, 0) is 24.1 Å². The van der Waals surface area contributed by atoms with E-state index in [4.69, 9.17) is 10.8 Å². The summed E-state index contributed by atoms with van der Waals surface area (Å²) in [5.74, 6) is 0. The smallest absolute Gasteiger partial charge is 0.0994 e. The van der Waals surface area contributed by atoms with Crippen LogP contribution < -0.4 is 5.73 Å². The van der Waals surface area contributed by atoms with Gasteiger partial charge < -0.3 is 15.4 Å². The maximum absolute atomic E-state index is 8.82. The average Bonchev–Trinajstić information content (AvgIpc) is 2.78. The van der Waals surface area contributed by atoms with Crippen LogP contribution in [0, 0.1) is 0 Å². The van der Waals surface area contributed by atoms with Crippen LogP contribution in [0.5, 0.6) is 0 Å². The second-order valence-corrected chi connectivity index (χ2v) is 3.60. The molecule has 84 valence electrons. The molecular formula is C12H15N3O. The summed E-state index contributed by atoms with van der Waals surface area (Å²) in [6.07, 6.45) is 4.21. The Morgan fingerprint density at radius 1 is 1.25 bits per heavy atom. The minimum atomic E-state index is 0.179. The number of aromatic nitrogens is 2. The van der Waals surface area contributed by atoms with Gasteiger partial charge in [0, 0.05) is 25.0 Å². The maximum Gasteiger partial charge on any atom is 0.0994 e.